The first kappa shape index (κ1) is 13.0. The largest absolute Gasteiger partial charge is 0.325 e. The number of carbonyl (C=O) groups is 1. The van der Waals surface area contributed by atoms with Crippen LogP contribution in [0.5, 0.6) is 0 Å². The van der Waals surface area contributed by atoms with E-state index in [1.54, 1.807) is 0 Å². The summed E-state index contributed by atoms with van der Waals surface area (Å²) >= 11 is 1.98. The van der Waals surface area contributed by atoms with Gasteiger partial charge in [0, 0.05) is 11.8 Å². The molecule has 1 aromatic carbocycles. The number of rotatable bonds is 3. The van der Waals surface area contributed by atoms with Crippen LogP contribution in [0.3, 0.4) is 0 Å². The summed E-state index contributed by atoms with van der Waals surface area (Å²) in [5.41, 5.74) is 1.23. The van der Waals surface area contributed by atoms with Gasteiger partial charge >= 0.3 is 0 Å². The Balaban J connectivity index is 1.62. The van der Waals surface area contributed by atoms with E-state index in [0.717, 1.165) is 18.8 Å². The van der Waals surface area contributed by atoms with E-state index < -0.39 is 0 Å². The zero-order valence-corrected chi connectivity index (χ0v) is 11.9. The van der Waals surface area contributed by atoms with Gasteiger partial charge in [0.15, 0.2) is 0 Å². The summed E-state index contributed by atoms with van der Waals surface area (Å²) in [6.45, 7) is 0.724. The van der Waals surface area contributed by atoms with E-state index in [-0.39, 0.29) is 11.9 Å². The van der Waals surface area contributed by atoms with Crippen LogP contribution >= 0.6 is 11.8 Å². The summed E-state index contributed by atoms with van der Waals surface area (Å²) in [6.07, 6.45) is 3.21. The first-order valence-electron chi connectivity index (χ1n) is 7.00. The second-order valence-electron chi connectivity index (χ2n) is 5.28. The van der Waals surface area contributed by atoms with Crippen molar-refractivity contribution < 1.29 is 4.79 Å². The van der Waals surface area contributed by atoms with Crippen molar-refractivity contribution in [1.82, 2.24) is 10.2 Å². The topological polar surface area (TPSA) is 32.3 Å². The van der Waals surface area contributed by atoms with Gasteiger partial charge in [-0.15, -0.1) is 0 Å². The standard InChI is InChI=1S/C15H20N2OS/c18-15-14(9-12-5-2-1-3-6-12)16-11-17(15)13-7-4-8-19-10-13/h1-3,5-6,13-14,16H,4,7-11H2. The number of hydrogen-bond acceptors (Lipinski definition) is 3. The molecule has 0 spiro atoms. The Morgan fingerprint density at radius 3 is 2.89 bits per heavy atom. The van der Waals surface area contributed by atoms with Crippen LogP contribution in [-0.2, 0) is 11.2 Å². The van der Waals surface area contributed by atoms with Crippen LogP contribution in [0.2, 0.25) is 0 Å². The highest BCUT2D eigenvalue weighted by Gasteiger charge is 2.35. The highest BCUT2D eigenvalue weighted by molar-refractivity contribution is 7.99. The lowest BCUT2D eigenvalue weighted by molar-refractivity contribution is -0.130. The Morgan fingerprint density at radius 1 is 1.32 bits per heavy atom. The SMILES string of the molecule is O=C1C(Cc2ccccc2)NCN1C1CCCSC1. The van der Waals surface area contributed by atoms with E-state index in [2.05, 4.69) is 22.3 Å². The molecule has 2 unspecified atom stereocenters. The van der Waals surface area contributed by atoms with Gasteiger partial charge in [-0.1, -0.05) is 30.3 Å². The molecule has 2 atom stereocenters. The number of nitrogens with one attached hydrogen (secondary N) is 1. The smallest absolute Gasteiger partial charge is 0.241 e. The molecule has 2 aliphatic heterocycles. The second-order valence-corrected chi connectivity index (χ2v) is 6.43. The second kappa shape index (κ2) is 5.97. The number of amides is 1. The third-order valence-electron chi connectivity index (χ3n) is 3.95. The highest BCUT2D eigenvalue weighted by Crippen LogP contribution is 2.24. The summed E-state index contributed by atoms with van der Waals surface area (Å²) in [7, 11) is 0. The van der Waals surface area contributed by atoms with Crippen LogP contribution in [0.1, 0.15) is 18.4 Å². The monoisotopic (exact) mass is 276 g/mol. The quantitative estimate of drug-likeness (QED) is 0.915. The fourth-order valence-corrected chi connectivity index (χ4v) is 4.02. The predicted octanol–water partition coefficient (Wildman–Crippen LogP) is 1.88. The van der Waals surface area contributed by atoms with Gasteiger partial charge in [-0.25, -0.2) is 0 Å². The molecule has 0 aromatic heterocycles. The molecule has 1 aromatic rings. The summed E-state index contributed by atoms with van der Waals surface area (Å²) in [4.78, 5) is 14.5. The van der Waals surface area contributed by atoms with Crippen LogP contribution < -0.4 is 5.32 Å². The highest BCUT2D eigenvalue weighted by atomic mass is 32.2. The Kier molecular flexibility index (Phi) is 4.09. The van der Waals surface area contributed by atoms with Crippen molar-refractivity contribution in [2.75, 3.05) is 18.2 Å². The molecule has 3 nitrogen and oxygen atoms in total. The Bertz CT molecular complexity index is 431. The summed E-state index contributed by atoms with van der Waals surface area (Å²) in [5.74, 6) is 2.64. The molecule has 2 fully saturated rings. The van der Waals surface area contributed by atoms with Crippen LogP contribution in [-0.4, -0.2) is 41.1 Å². The van der Waals surface area contributed by atoms with Gasteiger partial charge in [-0.05, 0) is 30.6 Å². The van der Waals surface area contributed by atoms with E-state index in [1.807, 2.05) is 30.0 Å². The van der Waals surface area contributed by atoms with E-state index in [9.17, 15) is 4.79 Å². The van der Waals surface area contributed by atoms with Crippen LogP contribution in [0.25, 0.3) is 0 Å². The van der Waals surface area contributed by atoms with Crippen LogP contribution in [0, 0.1) is 0 Å². The molecule has 0 aliphatic carbocycles. The predicted molar refractivity (Wildman–Crippen MR) is 79.1 cm³/mol. The molecule has 3 rings (SSSR count). The van der Waals surface area contributed by atoms with Crippen LogP contribution in [0.15, 0.2) is 30.3 Å². The molecule has 0 radical (unpaired) electrons. The first-order valence-corrected chi connectivity index (χ1v) is 8.15. The summed E-state index contributed by atoms with van der Waals surface area (Å²) in [6, 6.07) is 10.7. The van der Waals surface area contributed by atoms with E-state index >= 15 is 0 Å². The zero-order chi connectivity index (χ0) is 13.1. The average molecular weight is 276 g/mol. The number of carbonyl (C=O) groups excluding carboxylic acids is 1. The van der Waals surface area contributed by atoms with Crippen molar-refractivity contribution in [3.8, 4) is 0 Å². The third kappa shape index (κ3) is 2.95. The van der Waals surface area contributed by atoms with Gasteiger partial charge < -0.3 is 4.90 Å². The lowest BCUT2D eigenvalue weighted by Crippen LogP contribution is -2.41. The fraction of sp³-hybridized carbons (Fsp3) is 0.533. The Labute approximate surface area is 118 Å². The van der Waals surface area contributed by atoms with Gasteiger partial charge in [0.05, 0.1) is 12.7 Å². The summed E-state index contributed by atoms with van der Waals surface area (Å²) < 4.78 is 0. The minimum atomic E-state index is -0.0330. The van der Waals surface area contributed by atoms with Gasteiger partial charge in [-0.3, -0.25) is 10.1 Å². The Morgan fingerprint density at radius 2 is 2.16 bits per heavy atom. The molecule has 4 heteroatoms. The minimum Gasteiger partial charge on any atom is -0.325 e. The molecule has 0 bridgehead atoms. The number of hydrogen-bond donors (Lipinski definition) is 1. The van der Waals surface area contributed by atoms with Gasteiger partial charge in [0.2, 0.25) is 5.91 Å². The van der Waals surface area contributed by atoms with Crippen molar-refractivity contribution in [3.05, 3.63) is 35.9 Å². The van der Waals surface area contributed by atoms with Crippen LogP contribution in [0.4, 0.5) is 0 Å². The molecule has 0 saturated carbocycles. The molecule has 1 amide bonds. The van der Waals surface area contributed by atoms with Crippen molar-refractivity contribution in [2.45, 2.75) is 31.3 Å². The zero-order valence-electron chi connectivity index (χ0n) is 11.0. The molecule has 2 saturated heterocycles. The molecule has 102 valence electrons. The molecule has 19 heavy (non-hydrogen) atoms. The molecule has 1 N–H and O–H groups in total. The van der Waals surface area contributed by atoms with E-state index in [4.69, 9.17) is 0 Å². The number of benzene rings is 1. The van der Waals surface area contributed by atoms with Gasteiger partial charge in [-0.2, -0.15) is 11.8 Å². The van der Waals surface area contributed by atoms with Crippen molar-refractivity contribution in [1.29, 1.82) is 0 Å². The maximum absolute atomic E-state index is 12.5. The number of thioether (sulfide) groups is 1. The molecule has 2 aliphatic rings. The maximum atomic E-state index is 12.5. The first-order chi connectivity index (χ1) is 9.34. The van der Waals surface area contributed by atoms with Crippen molar-refractivity contribution in [2.24, 2.45) is 0 Å². The molecular weight excluding hydrogens is 256 g/mol. The normalized spacial score (nSPS) is 27.8. The van der Waals surface area contributed by atoms with Gasteiger partial charge in [0.25, 0.3) is 0 Å². The maximum Gasteiger partial charge on any atom is 0.241 e. The van der Waals surface area contributed by atoms with Gasteiger partial charge in [0.1, 0.15) is 0 Å². The number of nitrogens with zero attached hydrogens (tertiary/aromatic N) is 1. The van der Waals surface area contributed by atoms with E-state index in [1.165, 1.54) is 24.2 Å². The summed E-state index contributed by atoms with van der Waals surface area (Å²) in [5, 5.41) is 3.37. The Hall–Kier alpha value is -1.00. The fourth-order valence-electron chi connectivity index (χ4n) is 2.86. The molecular formula is C15H20N2OS. The average Bonchev–Trinajstić information content (AvgIpc) is 2.82. The lowest BCUT2D eigenvalue weighted by atomic mass is 10.1. The van der Waals surface area contributed by atoms with Crippen molar-refractivity contribution in [3.63, 3.8) is 0 Å². The van der Waals surface area contributed by atoms with E-state index in [0.29, 0.717) is 6.04 Å². The lowest BCUT2D eigenvalue weighted by Gasteiger charge is -2.30. The minimum absolute atomic E-state index is 0.0330. The van der Waals surface area contributed by atoms with Crippen molar-refractivity contribution >= 4 is 17.7 Å². The molecule has 2 heterocycles. The third-order valence-corrected chi connectivity index (χ3v) is 5.15.